The molecule has 1 atom stereocenters. The summed E-state index contributed by atoms with van der Waals surface area (Å²) < 4.78 is 19.8. The molecule has 10 heteroatoms. The van der Waals surface area contributed by atoms with Gasteiger partial charge in [0.15, 0.2) is 0 Å². The van der Waals surface area contributed by atoms with Crippen LogP contribution in [-0.2, 0) is 10.3 Å². The molecule has 1 amide bonds. The van der Waals surface area contributed by atoms with Crippen molar-refractivity contribution in [3.63, 3.8) is 0 Å². The summed E-state index contributed by atoms with van der Waals surface area (Å²) in [6, 6.07) is 7.34. The van der Waals surface area contributed by atoms with Crippen LogP contribution in [0.3, 0.4) is 0 Å². The molecule has 1 aromatic heterocycles. The maximum absolute atomic E-state index is 14.4. The molecule has 1 aromatic carbocycles. The largest absolute Gasteiger partial charge is 0.386 e. The minimum Gasteiger partial charge on any atom is -0.386 e. The SMILES string of the molecule is C[C@@]1(c2cc(NC(=O)c3ncc(C#N)cc3Cl)ccc2F)COCC(N)=N1.Cl. The highest BCUT2D eigenvalue weighted by Crippen LogP contribution is 2.32. The maximum Gasteiger partial charge on any atom is 0.275 e. The third kappa shape index (κ3) is 4.39. The van der Waals surface area contributed by atoms with E-state index in [1.54, 1.807) is 6.92 Å². The molecule has 3 rings (SSSR count). The highest BCUT2D eigenvalue weighted by atomic mass is 35.5. The van der Waals surface area contributed by atoms with Crippen LogP contribution in [0.5, 0.6) is 0 Å². The summed E-state index contributed by atoms with van der Waals surface area (Å²) in [5.74, 6) is -0.812. The summed E-state index contributed by atoms with van der Waals surface area (Å²) in [6.07, 6.45) is 1.24. The quantitative estimate of drug-likeness (QED) is 0.787. The van der Waals surface area contributed by atoms with E-state index in [2.05, 4.69) is 15.3 Å². The zero-order chi connectivity index (χ0) is 19.6. The maximum atomic E-state index is 14.4. The van der Waals surface area contributed by atoms with Crippen molar-refractivity contribution in [1.29, 1.82) is 5.26 Å². The van der Waals surface area contributed by atoms with E-state index >= 15 is 0 Å². The summed E-state index contributed by atoms with van der Waals surface area (Å²) >= 11 is 6.00. The Hall–Kier alpha value is -2.73. The Labute approximate surface area is 171 Å². The molecular formula is C18H16Cl2FN5O2. The first-order chi connectivity index (χ1) is 12.8. The standard InChI is InChI=1S/C18H15ClFN5O2.ClH/c1-18(9-27-8-15(22)25-18)12-5-11(2-3-14(12)20)24-17(26)16-13(19)4-10(6-21)7-23-16;/h2-5,7H,8-9H2,1H3,(H2,22,25)(H,24,26);1H/t18-;/m0./s1. The number of carbonyl (C=O) groups is 1. The Morgan fingerprint density at radius 2 is 2.21 bits per heavy atom. The topological polar surface area (TPSA) is 113 Å². The van der Waals surface area contributed by atoms with Crippen LogP contribution in [0.2, 0.25) is 5.02 Å². The zero-order valence-corrected chi connectivity index (χ0v) is 16.3. The fraction of sp³-hybridized carbons (Fsp3) is 0.222. The fourth-order valence-electron chi connectivity index (χ4n) is 2.75. The summed E-state index contributed by atoms with van der Waals surface area (Å²) in [5, 5.41) is 11.5. The van der Waals surface area contributed by atoms with Crippen molar-refractivity contribution in [1.82, 2.24) is 4.98 Å². The van der Waals surface area contributed by atoms with Gasteiger partial charge in [-0.25, -0.2) is 9.37 Å². The predicted molar refractivity (Wildman–Crippen MR) is 105 cm³/mol. The van der Waals surface area contributed by atoms with Gasteiger partial charge in [-0.3, -0.25) is 9.79 Å². The number of nitrogens with two attached hydrogens (primary N) is 1. The lowest BCUT2D eigenvalue weighted by Gasteiger charge is -2.30. The van der Waals surface area contributed by atoms with Gasteiger partial charge >= 0.3 is 0 Å². The molecule has 2 heterocycles. The van der Waals surface area contributed by atoms with E-state index in [9.17, 15) is 9.18 Å². The molecule has 0 saturated heterocycles. The number of nitrogens with zero attached hydrogens (tertiary/aromatic N) is 3. The van der Waals surface area contributed by atoms with E-state index in [0.717, 1.165) is 0 Å². The molecule has 0 saturated carbocycles. The van der Waals surface area contributed by atoms with Crippen molar-refractivity contribution in [2.24, 2.45) is 10.7 Å². The number of ether oxygens (including phenoxy) is 1. The predicted octanol–water partition coefficient (Wildman–Crippen LogP) is 3.02. The smallest absolute Gasteiger partial charge is 0.275 e. The lowest BCUT2D eigenvalue weighted by Crippen LogP contribution is -2.38. The molecular weight excluding hydrogens is 408 g/mol. The van der Waals surface area contributed by atoms with Crippen molar-refractivity contribution >= 4 is 41.4 Å². The van der Waals surface area contributed by atoms with Gasteiger partial charge in [0.05, 0.1) is 17.2 Å². The first kappa shape index (κ1) is 21.6. The van der Waals surface area contributed by atoms with Crippen molar-refractivity contribution in [3.05, 3.63) is 58.1 Å². The number of amides is 1. The number of benzene rings is 1. The highest BCUT2D eigenvalue weighted by molar-refractivity contribution is 6.34. The van der Waals surface area contributed by atoms with E-state index in [1.807, 2.05) is 6.07 Å². The van der Waals surface area contributed by atoms with Gasteiger partial charge in [-0.05, 0) is 31.2 Å². The van der Waals surface area contributed by atoms with Gasteiger partial charge in [-0.1, -0.05) is 11.6 Å². The molecule has 0 aliphatic carbocycles. The number of carbonyl (C=O) groups excluding carboxylic acids is 1. The Balaban J connectivity index is 0.00000280. The van der Waals surface area contributed by atoms with Gasteiger partial charge in [0, 0.05) is 17.4 Å². The number of pyridine rings is 1. The van der Waals surface area contributed by atoms with Gasteiger partial charge in [-0.15, -0.1) is 12.4 Å². The van der Waals surface area contributed by atoms with Gasteiger partial charge in [0.25, 0.3) is 5.91 Å². The molecule has 3 N–H and O–H groups in total. The van der Waals surface area contributed by atoms with E-state index in [0.29, 0.717) is 5.69 Å². The second-order valence-electron chi connectivity index (χ2n) is 6.18. The van der Waals surface area contributed by atoms with Gasteiger partial charge in [0.2, 0.25) is 0 Å². The Morgan fingerprint density at radius 1 is 1.46 bits per heavy atom. The van der Waals surface area contributed by atoms with Crippen LogP contribution in [0.15, 0.2) is 35.5 Å². The van der Waals surface area contributed by atoms with Crippen LogP contribution >= 0.6 is 24.0 Å². The number of hydrogen-bond donors (Lipinski definition) is 2. The van der Waals surface area contributed by atoms with Crippen LogP contribution in [0.1, 0.15) is 28.5 Å². The number of amidine groups is 1. The van der Waals surface area contributed by atoms with Crippen LogP contribution in [0.4, 0.5) is 10.1 Å². The molecule has 1 aliphatic heterocycles. The summed E-state index contributed by atoms with van der Waals surface area (Å²) in [6.45, 7) is 2.05. The monoisotopic (exact) mass is 423 g/mol. The highest BCUT2D eigenvalue weighted by Gasteiger charge is 2.33. The Kier molecular flexibility index (Phi) is 6.56. The fourth-order valence-corrected chi connectivity index (χ4v) is 3.00. The lowest BCUT2D eigenvalue weighted by molar-refractivity contribution is 0.102. The first-order valence-corrected chi connectivity index (χ1v) is 8.29. The van der Waals surface area contributed by atoms with Crippen molar-refractivity contribution < 1.29 is 13.9 Å². The third-order valence-electron chi connectivity index (χ3n) is 4.01. The second kappa shape index (κ2) is 8.52. The van der Waals surface area contributed by atoms with Gasteiger partial charge in [0.1, 0.15) is 35.6 Å². The minimum absolute atomic E-state index is 0. The number of nitriles is 1. The van der Waals surface area contributed by atoms with Crippen LogP contribution in [0.25, 0.3) is 0 Å². The summed E-state index contributed by atoms with van der Waals surface area (Å²) in [4.78, 5) is 20.6. The average molecular weight is 424 g/mol. The van der Waals surface area contributed by atoms with Crippen LogP contribution in [0, 0.1) is 17.1 Å². The van der Waals surface area contributed by atoms with Gasteiger partial charge < -0.3 is 15.8 Å². The number of rotatable bonds is 3. The summed E-state index contributed by atoms with van der Waals surface area (Å²) in [7, 11) is 0. The van der Waals surface area contributed by atoms with Crippen molar-refractivity contribution in [3.8, 4) is 6.07 Å². The molecule has 28 heavy (non-hydrogen) atoms. The number of aliphatic imine (C=N–C) groups is 1. The number of aromatic nitrogens is 1. The van der Waals surface area contributed by atoms with Crippen molar-refractivity contribution in [2.75, 3.05) is 18.5 Å². The van der Waals surface area contributed by atoms with Crippen molar-refractivity contribution in [2.45, 2.75) is 12.5 Å². The molecule has 0 unspecified atom stereocenters. The van der Waals surface area contributed by atoms with E-state index < -0.39 is 17.3 Å². The molecule has 0 spiro atoms. The average Bonchev–Trinajstić information content (AvgIpc) is 2.62. The van der Waals surface area contributed by atoms with E-state index in [1.165, 1.54) is 30.5 Å². The second-order valence-corrected chi connectivity index (χ2v) is 6.59. The molecule has 2 aromatic rings. The number of hydrogen-bond acceptors (Lipinski definition) is 6. The molecule has 146 valence electrons. The Bertz CT molecular complexity index is 992. The van der Waals surface area contributed by atoms with Gasteiger partial charge in [-0.2, -0.15) is 5.26 Å². The minimum atomic E-state index is -1.00. The first-order valence-electron chi connectivity index (χ1n) is 7.91. The number of nitrogens with one attached hydrogen (secondary N) is 1. The normalized spacial score (nSPS) is 18.4. The molecule has 0 bridgehead atoms. The van der Waals surface area contributed by atoms with E-state index in [-0.39, 0.29) is 53.3 Å². The lowest BCUT2D eigenvalue weighted by atomic mass is 9.92. The van der Waals surface area contributed by atoms with Crippen LogP contribution in [-0.4, -0.2) is 29.9 Å². The Morgan fingerprint density at radius 3 is 2.86 bits per heavy atom. The number of halogens is 3. The van der Waals surface area contributed by atoms with Crippen LogP contribution < -0.4 is 11.1 Å². The third-order valence-corrected chi connectivity index (χ3v) is 4.30. The molecule has 1 aliphatic rings. The zero-order valence-electron chi connectivity index (χ0n) is 14.7. The van der Waals surface area contributed by atoms with E-state index in [4.69, 9.17) is 27.3 Å². The molecule has 0 radical (unpaired) electrons. The molecule has 7 nitrogen and oxygen atoms in total. The molecule has 0 fully saturated rings. The number of anilines is 1. The summed E-state index contributed by atoms with van der Waals surface area (Å²) in [5.41, 5.74) is 5.48.